The van der Waals surface area contributed by atoms with Crippen LogP contribution in [-0.4, -0.2) is 99.5 Å². The van der Waals surface area contributed by atoms with E-state index in [9.17, 15) is 14.4 Å². The van der Waals surface area contributed by atoms with Crippen LogP contribution in [0.1, 0.15) is 206 Å². The Kier molecular flexibility index (Phi) is 33.1. The molecule has 0 N–H and O–H groups in total. The van der Waals surface area contributed by atoms with E-state index >= 15 is 0 Å². The number of benzene rings is 1. The fourth-order valence-electron chi connectivity index (χ4n) is 8.10. The molecule has 1 aliphatic heterocycles. The van der Waals surface area contributed by atoms with Gasteiger partial charge in [-0.1, -0.05) is 129 Å². The third-order valence-corrected chi connectivity index (χ3v) is 12.0. The average Bonchev–Trinajstić information content (AvgIpc) is 3.25. The number of carbonyl (C=O) groups is 3. The Morgan fingerprint density at radius 2 is 1.16 bits per heavy atom. The molecule has 1 unspecified atom stereocenters. The first-order valence-corrected chi connectivity index (χ1v) is 25.3. The third kappa shape index (κ3) is 28.7. The van der Waals surface area contributed by atoms with Gasteiger partial charge in [0.05, 0.1) is 25.7 Å². The van der Waals surface area contributed by atoms with Gasteiger partial charge in [-0.15, -0.1) is 0 Å². The summed E-state index contributed by atoms with van der Waals surface area (Å²) in [5, 5.41) is 0. The van der Waals surface area contributed by atoms with Gasteiger partial charge < -0.3 is 28.7 Å². The summed E-state index contributed by atoms with van der Waals surface area (Å²) in [6, 6.07) is 8.35. The largest absolute Gasteiger partial charge is 0.465 e. The van der Waals surface area contributed by atoms with Crippen molar-refractivity contribution in [1.29, 1.82) is 0 Å². The van der Waals surface area contributed by atoms with Crippen LogP contribution in [0.5, 0.6) is 0 Å². The second kappa shape index (κ2) is 36.9. The van der Waals surface area contributed by atoms with Crippen LogP contribution in [-0.2, 0) is 39.8 Å². The highest BCUT2D eigenvalue weighted by Crippen LogP contribution is 2.20. The molecule has 1 aromatic rings. The minimum absolute atomic E-state index is 0.171. The number of hydrogen-bond donors (Lipinski definition) is 0. The molecule has 1 atom stereocenters. The van der Waals surface area contributed by atoms with E-state index in [-0.39, 0.29) is 23.8 Å². The van der Waals surface area contributed by atoms with Crippen LogP contribution < -0.4 is 0 Å². The Morgan fingerprint density at radius 3 is 1.77 bits per heavy atom. The summed E-state index contributed by atoms with van der Waals surface area (Å²) in [6.07, 6.45) is 25.7. The van der Waals surface area contributed by atoms with E-state index < -0.39 is 6.10 Å². The van der Waals surface area contributed by atoms with Crippen LogP contribution in [0.15, 0.2) is 24.3 Å². The monoisotopic (exact) mass is 857 g/mol. The summed E-state index contributed by atoms with van der Waals surface area (Å²) in [5.41, 5.74) is 2.29. The van der Waals surface area contributed by atoms with Crippen molar-refractivity contribution in [2.45, 2.75) is 207 Å². The molecule has 0 aliphatic carbocycles. The average molecular weight is 857 g/mol. The highest BCUT2D eigenvalue weighted by molar-refractivity contribution is 5.77. The van der Waals surface area contributed by atoms with Crippen molar-refractivity contribution in [2.75, 3.05) is 65.8 Å². The lowest BCUT2D eigenvalue weighted by Gasteiger charge is -2.28. The van der Waals surface area contributed by atoms with Crippen LogP contribution in [0.25, 0.3) is 0 Å². The molecule has 0 saturated carbocycles. The number of unbranched alkanes of at least 4 members (excludes halogenated alkanes) is 14. The summed E-state index contributed by atoms with van der Waals surface area (Å²) in [6.45, 7) is 18.2. The first kappa shape index (κ1) is 54.6. The summed E-state index contributed by atoms with van der Waals surface area (Å²) in [5.74, 6) is 0.0914. The molecule has 0 radical (unpaired) electrons. The molecule has 1 heterocycles. The van der Waals surface area contributed by atoms with E-state index in [0.717, 1.165) is 89.7 Å². The molecule has 2 rings (SSSR count). The van der Waals surface area contributed by atoms with Gasteiger partial charge in [-0.3, -0.25) is 14.4 Å². The summed E-state index contributed by atoms with van der Waals surface area (Å²) < 4.78 is 23.4. The number of rotatable bonds is 39. The van der Waals surface area contributed by atoms with Crippen molar-refractivity contribution in [3.05, 3.63) is 35.4 Å². The Labute approximate surface area is 374 Å². The molecule has 1 amide bonds. The van der Waals surface area contributed by atoms with Crippen LogP contribution in [0.4, 0.5) is 0 Å². The number of piperidine rings is 1. The number of hydrogen-bond acceptors (Lipinski definition) is 8. The van der Waals surface area contributed by atoms with Gasteiger partial charge >= 0.3 is 11.9 Å². The molecule has 1 saturated heterocycles. The first-order valence-electron chi connectivity index (χ1n) is 25.3. The fourth-order valence-corrected chi connectivity index (χ4v) is 8.10. The molecule has 0 spiro atoms. The zero-order valence-electron chi connectivity index (χ0n) is 40.0. The van der Waals surface area contributed by atoms with Crippen molar-refractivity contribution in [3.8, 4) is 0 Å². The molecule has 9 nitrogen and oxygen atoms in total. The molecule has 0 aromatic heterocycles. The molecule has 0 bridgehead atoms. The van der Waals surface area contributed by atoms with Crippen molar-refractivity contribution >= 4 is 17.8 Å². The Hall–Kier alpha value is -2.49. The van der Waals surface area contributed by atoms with E-state index in [2.05, 4.69) is 61.8 Å². The van der Waals surface area contributed by atoms with Gasteiger partial charge in [0.1, 0.15) is 6.10 Å². The minimum Gasteiger partial charge on any atom is -0.465 e. The minimum atomic E-state index is -0.405. The predicted molar refractivity (Wildman–Crippen MR) is 251 cm³/mol. The highest BCUT2D eigenvalue weighted by atomic mass is 16.6. The van der Waals surface area contributed by atoms with E-state index in [0.29, 0.717) is 64.6 Å². The maximum atomic E-state index is 13.5. The lowest BCUT2D eigenvalue weighted by molar-refractivity contribution is -0.156. The molecule has 1 aliphatic rings. The zero-order valence-corrected chi connectivity index (χ0v) is 40.0. The van der Waals surface area contributed by atoms with Gasteiger partial charge in [0, 0.05) is 39.1 Å². The van der Waals surface area contributed by atoms with Crippen molar-refractivity contribution in [1.82, 2.24) is 9.80 Å². The molecule has 1 fully saturated rings. The molecular formula is C52H92N2O7. The predicted octanol–water partition coefficient (Wildman–Crippen LogP) is 12.0. The lowest BCUT2D eigenvalue weighted by Crippen LogP contribution is -2.36. The maximum Gasteiger partial charge on any atom is 0.313 e. The molecule has 61 heavy (non-hydrogen) atoms. The number of esters is 2. The summed E-state index contributed by atoms with van der Waals surface area (Å²) in [7, 11) is 0. The normalized spacial score (nSPS) is 13.8. The SMILES string of the molecule is CCCCCCCCOCC(COCCCCCCCC)OC(=O)CCCCC(=O)N(CCCCCCOC(=O)C(C)c1ccc(CC(C)C)cc1)CCCN1CCCCC1. The van der Waals surface area contributed by atoms with Crippen molar-refractivity contribution in [3.63, 3.8) is 0 Å². The van der Waals surface area contributed by atoms with Gasteiger partial charge in [0.25, 0.3) is 0 Å². The smallest absolute Gasteiger partial charge is 0.313 e. The van der Waals surface area contributed by atoms with E-state index in [1.807, 2.05) is 6.92 Å². The molecule has 352 valence electrons. The topological polar surface area (TPSA) is 94.6 Å². The van der Waals surface area contributed by atoms with Gasteiger partial charge in [-0.05, 0) is 114 Å². The van der Waals surface area contributed by atoms with E-state index in [4.69, 9.17) is 18.9 Å². The second-order valence-electron chi connectivity index (χ2n) is 18.3. The quantitative estimate of drug-likeness (QED) is 0.0477. The number of ether oxygens (including phenoxy) is 4. The van der Waals surface area contributed by atoms with E-state index in [1.165, 1.54) is 89.0 Å². The van der Waals surface area contributed by atoms with Crippen molar-refractivity contribution < 1.29 is 33.3 Å². The number of likely N-dealkylation sites (tertiary alicyclic amines) is 1. The Morgan fingerprint density at radius 1 is 0.623 bits per heavy atom. The summed E-state index contributed by atoms with van der Waals surface area (Å²) >= 11 is 0. The number of nitrogens with zero attached hydrogens (tertiary/aromatic N) is 2. The maximum absolute atomic E-state index is 13.5. The van der Waals surface area contributed by atoms with E-state index in [1.54, 1.807) is 0 Å². The lowest BCUT2D eigenvalue weighted by atomic mass is 9.97. The van der Waals surface area contributed by atoms with Crippen LogP contribution in [0.3, 0.4) is 0 Å². The van der Waals surface area contributed by atoms with Gasteiger partial charge in [-0.25, -0.2) is 0 Å². The summed E-state index contributed by atoms with van der Waals surface area (Å²) in [4.78, 5) is 43.8. The third-order valence-electron chi connectivity index (χ3n) is 12.0. The molecular weight excluding hydrogens is 765 g/mol. The second-order valence-corrected chi connectivity index (χ2v) is 18.3. The van der Waals surface area contributed by atoms with Crippen LogP contribution in [0.2, 0.25) is 0 Å². The Bertz CT molecular complexity index is 1200. The number of carbonyl (C=O) groups excluding carboxylic acids is 3. The van der Waals surface area contributed by atoms with Crippen molar-refractivity contribution in [2.24, 2.45) is 5.92 Å². The Balaban J connectivity index is 1.74. The van der Waals surface area contributed by atoms with Gasteiger partial charge in [-0.2, -0.15) is 0 Å². The standard InChI is InChI=1S/C52H92N2O7/c1-6-8-10-12-15-24-39-58-43-49(44-59-40-25-16-13-11-9-7-2)61-51(56)29-20-19-28-50(55)54(38-27-36-53-34-21-18-22-35-53)37-23-14-17-26-41-60-52(57)46(5)48-32-30-47(31-33-48)42-45(3)4/h30-33,45-46,49H,6-29,34-44H2,1-5H3. The number of amides is 1. The molecule has 1 aromatic carbocycles. The van der Waals surface area contributed by atoms with Crippen LogP contribution >= 0.6 is 0 Å². The fraction of sp³-hybridized carbons (Fsp3) is 0.827. The highest BCUT2D eigenvalue weighted by Gasteiger charge is 2.19. The molecule has 9 heteroatoms. The van der Waals surface area contributed by atoms with Gasteiger partial charge in [0.2, 0.25) is 5.91 Å². The zero-order chi connectivity index (χ0) is 44.2. The van der Waals surface area contributed by atoms with Crippen LogP contribution in [0, 0.1) is 5.92 Å². The van der Waals surface area contributed by atoms with Gasteiger partial charge in [0.15, 0.2) is 0 Å². The first-order chi connectivity index (χ1) is 29.7.